The summed E-state index contributed by atoms with van der Waals surface area (Å²) < 4.78 is 39.2. The van der Waals surface area contributed by atoms with Gasteiger partial charge in [-0.3, -0.25) is 20.4 Å². The van der Waals surface area contributed by atoms with Crippen molar-refractivity contribution in [2.24, 2.45) is 0 Å². The molecule has 0 spiro atoms. The van der Waals surface area contributed by atoms with E-state index < -0.39 is 15.9 Å². The third-order valence-corrected chi connectivity index (χ3v) is 6.44. The van der Waals surface area contributed by atoms with Crippen molar-refractivity contribution in [1.82, 2.24) is 15.4 Å². The molecule has 34 heavy (non-hydrogen) atoms. The number of halogens is 1. The summed E-state index contributed by atoms with van der Waals surface area (Å²) in [6.45, 7) is 3.33. The first kappa shape index (κ1) is 24.9. The molecule has 0 saturated carbocycles. The van der Waals surface area contributed by atoms with Crippen molar-refractivity contribution in [2.75, 3.05) is 30.1 Å². The maximum Gasteiger partial charge on any atom is 0.269 e. The Bertz CT molecular complexity index is 1330. The molecule has 1 amide bonds. The lowest BCUT2D eigenvalue weighted by Gasteiger charge is -2.16. The highest BCUT2D eigenvalue weighted by Gasteiger charge is 2.22. The van der Waals surface area contributed by atoms with Crippen molar-refractivity contribution in [1.29, 1.82) is 0 Å². The molecule has 3 aromatic rings. The Hall–Kier alpha value is -3.77. The van der Waals surface area contributed by atoms with Gasteiger partial charge < -0.3 is 15.2 Å². The zero-order valence-electron chi connectivity index (χ0n) is 18.8. The summed E-state index contributed by atoms with van der Waals surface area (Å²) in [5.74, 6) is 0.268. The Morgan fingerprint density at radius 1 is 1.03 bits per heavy atom. The molecule has 13 heteroatoms. The second-order valence-electron chi connectivity index (χ2n) is 7.10. The molecule has 1 aromatic heterocycles. The Morgan fingerprint density at radius 3 is 2.38 bits per heavy atom. The Labute approximate surface area is 201 Å². The molecule has 0 aliphatic carbocycles. The monoisotopic (exact) mass is 506 g/mol. The third-order valence-electron chi connectivity index (χ3n) is 4.63. The molecule has 0 unspecified atom stereocenters. The van der Waals surface area contributed by atoms with Crippen LogP contribution in [0.1, 0.15) is 21.6 Å². The number of aromatic nitrogens is 2. The molecule has 3 rings (SSSR count). The van der Waals surface area contributed by atoms with Gasteiger partial charge in [0.25, 0.3) is 15.9 Å². The number of methoxy groups -OCH3 is 2. The molecule has 180 valence electrons. The fourth-order valence-corrected chi connectivity index (χ4v) is 4.59. The number of aryl methyl sites for hydroxylation is 2. The minimum absolute atomic E-state index is 0.0422. The van der Waals surface area contributed by atoms with Crippen molar-refractivity contribution in [3.05, 3.63) is 58.2 Å². The number of rotatable bonds is 8. The minimum Gasteiger partial charge on any atom is -0.495 e. The largest absolute Gasteiger partial charge is 0.495 e. The predicted octanol–water partition coefficient (Wildman–Crippen LogP) is 2.90. The molecule has 0 bridgehead atoms. The van der Waals surface area contributed by atoms with Gasteiger partial charge in [-0.15, -0.1) is 0 Å². The van der Waals surface area contributed by atoms with Crippen molar-refractivity contribution in [2.45, 2.75) is 18.7 Å². The molecule has 0 saturated heterocycles. The quantitative estimate of drug-likeness (QED) is 0.337. The number of nitrogens with two attached hydrogens (primary N) is 1. The summed E-state index contributed by atoms with van der Waals surface area (Å²) in [6, 6.07) is 8.70. The van der Waals surface area contributed by atoms with Crippen LogP contribution in [0.15, 0.2) is 41.3 Å². The van der Waals surface area contributed by atoms with E-state index >= 15 is 0 Å². The number of hydrogen-bond donors (Lipinski definition) is 4. The number of nitrogens with zero attached hydrogens (tertiary/aromatic N) is 2. The first-order chi connectivity index (χ1) is 16.0. The first-order valence-electron chi connectivity index (χ1n) is 9.76. The van der Waals surface area contributed by atoms with E-state index in [-0.39, 0.29) is 38.7 Å². The van der Waals surface area contributed by atoms with Crippen molar-refractivity contribution < 1.29 is 22.7 Å². The highest BCUT2D eigenvalue weighted by Crippen LogP contribution is 2.37. The van der Waals surface area contributed by atoms with Gasteiger partial charge in [-0.1, -0.05) is 17.7 Å². The lowest BCUT2D eigenvalue weighted by atomic mass is 10.1. The molecule has 11 nitrogen and oxygen atoms in total. The first-order valence-corrected chi connectivity index (χ1v) is 11.6. The molecular weight excluding hydrogens is 484 g/mol. The molecule has 1 heterocycles. The molecular formula is C21H23ClN6O5S. The molecule has 2 aromatic carbocycles. The number of benzene rings is 2. The Kier molecular flexibility index (Phi) is 7.32. The smallest absolute Gasteiger partial charge is 0.269 e. The maximum atomic E-state index is 13.2. The van der Waals surface area contributed by atoms with E-state index in [4.69, 9.17) is 26.8 Å². The van der Waals surface area contributed by atoms with Gasteiger partial charge in [0.1, 0.15) is 17.3 Å². The van der Waals surface area contributed by atoms with Crippen LogP contribution in [0.25, 0.3) is 0 Å². The van der Waals surface area contributed by atoms with Crippen molar-refractivity contribution in [3.63, 3.8) is 0 Å². The summed E-state index contributed by atoms with van der Waals surface area (Å²) in [4.78, 5) is 20.4. The zero-order valence-corrected chi connectivity index (χ0v) is 20.3. The fraction of sp³-hybridized carbons (Fsp3) is 0.190. The van der Waals surface area contributed by atoms with Crippen LogP contribution in [-0.2, 0) is 10.0 Å². The fourth-order valence-electron chi connectivity index (χ4n) is 3.02. The van der Waals surface area contributed by atoms with E-state index in [1.165, 1.54) is 44.6 Å². The number of hydrazine groups is 1. The van der Waals surface area contributed by atoms with Crippen LogP contribution >= 0.6 is 11.6 Å². The van der Waals surface area contributed by atoms with Crippen LogP contribution in [0.4, 0.5) is 17.5 Å². The number of ether oxygens (including phenoxy) is 2. The Morgan fingerprint density at radius 2 is 1.74 bits per heavy atom. The highest BCUT2D eigenvalue weighted by atomic mass is 35.5. The number of amides is 1. The molecule has 0 fully saturated rings. The number of anilines is 3. The van der Waals surface area contributed by atoms with Gasteiger partial charge in [0, 0.05) is 23.4 Å². The van der Waals surface area contributed by atoms with Crippen LogP contribution in [0, 0.1) is 13.8 Å². The number of carbonyl (C=O) groups excluding carboxylic acids is 1. The molecule has 0 atom stereocenters. The van der Waals surface area contributed by atoms with Gasteiger partial charge in [0.05, 0.1) is 29.8 Å². The molecule has 0 aliphatic heterocycles. The van der Waals surface area contributed by atoms with Crippen molar-refractivity contribution >= 4 is 45.0 Å². The summed E-state index contributed by atoms with van der Waals surface area (Å²) in [7, 11) is -1.30. The van der Waals surface area contributed by atoms with Crippen LogP contribution in [0.2, 0.25) is 5.02 Å². The number of carbonyl (C=O) groups is 1. The van der Waals surface area contributed by atoms with E-state index in [1.807, 2.05) is 0 Å². The number of hydrogen-bond acceptors (Lipinski definition) is 9. The minimum atomic E-state index is -4.11. The lowest BCUT2D eigenvalue weighted by molar-refractivity contribution is 0.0962. The topological polar surface area (TPSA) is 158 Å². The highest BCUT2D eigenvalue weighted by molar-refractivity contribution is 7.92. The van der Waals surface area contributed by atoms with E-state index in [9.17, 15) is 13.2 Å². The van der Waals surface area contributed by atoms with E-state index in [1.54, 1.807) is 19.9 Å². The average Bonchev–Trinajstić information content (AvgIpc) is 2.77. The summed E-state index contributed by atoms with van der Waals surface area (Å²) in [5.41, 5.74) is 11.9. The molecule has 0 aliphatic rings. The molecule has 0 radical (unpaired) electrons. The van der Waals surface area contributed by atoms with Crippen molar-refractivity contribution in [3.8, 4) is 11.5 Å². The maximum absolute atomic E-state index is 13.2. The van der Waals surface area contributed by atoms with Gasteiger partial charge in [0.2, 0.25) is 5.95 Å². The normalized spacial score (nSPS) is 11.0. The van der Waals surface area contributed by atoms with Gasteiger partial charge in [-0.25, -0.2) is 13.4 Å². The van der Waals surface area contributed by atoms with E-state index in [0.717, 1.165) is 0 Å². The standard InChI is InChI=1S/C21H23ClN6O5S/c1-11-5-6-13(20(29)27-26-19-7-12(2)24-21(23)25-19)8-18(11)34(30,31)28-15-9-14(22)16(32-3)10-17(15)33-4/h5-10,28H,1-4H3,(H,27,29)(H3,23,24,25,26). The number of nitrogens with one attached hydrogen (secondary N) is 3. The van der Waals surface area contributed by atoms with Crippen LogP contribution in [0.3, 0.4) is 0 Å². The average molecular weight is 507 g/mol. The SMILES string of the molecule is COc1cc(OC)c(NS(=O)(=O)c2cc(C(=O)NNc3cc(C)nc(N)n3)ccc2C)cc1Cl. The van der Waals surface area contributed by atoms with Crippen LogP contribution in [-0.4, -0.2) is 38.5 Å². The van der Waals surface area contributed by atoms with Gasteiger partial charge in [0.15, 0.2) is 0 Å². The number of sulfonamides is 1. The van der Waals surface area contributed by atoms with E-state index in [2.05, 4.69) is 25.5 Å². The van der Waals surface area contributed by atoms with Gasteiger partial charge in [-0.05, 0) is 37.6 Å². The third kappa shape index (κ3) is 5.58. The summed E-state index contributed by atoms with van der Waals surface area (Å²) in [6.07, 6.45) is 0. The van der Waals surface area contributed by atoms with Gasteiger partial charge in [-0.2, -0.15) is 4.98 Å². The van der Waals surface area contributed by atoms with Gasteiger partial charge >= 0.3 is 0 Å². The predicted molar refractivity (Wildman–Crippen MR) is 129 cm³/mol. The van der Waals surface area contributed by atoms with Crippen LogP contribution < -0.4 is 30.8 Å². The Balaban J connectivity index is 1.86. The molecule has 5 N–H and O–H groups in total. The number of nitrogen functional groups attached to an aromatic ring is 1. The zero-order chi connectivity index (χ0) is 25.0. The van der Waals surface area contributed by atoms with Crippen LogP contribution in [0.5, 0.6) is 11.5 Å². The summed E-state index contributed by atoms with van der Waals surface area (Å²) in [5, 5.41) is 0.192. The summed E-state index contributed by atoms with van der Waals surface area (Å²) >= 11 is 6.14. The lowest BCUT2D eigenvalue weighted by Crippen LogP contribution is -2.30. The van der Waals surface area contributed by atoms with E-state index in [0.29, 0.717) is 17.0 Å². The second-order valence-corrected chi connectivity index (χ2v) is 9.16. The second kappa shape index (κ2) is 10.0.